The van der Waals surface area contributed by atoms with Crippen LogP contribution in [0.25, 0.3) is 0 Å². The predicted molar refractivity (Wildman–Crippen MR) is 89.6 cm³/mol. The second-order valence-electron chi connectivity index (χ2n) is 7.59. The fraction of sp³-hybridized carbons (Fsp3) is 0.722. The summed E-state index contributed by atoms with van der Waals surface area (Å²) in [5.74, 6) is 1.75. The number of carbonyl (C=O) groups excluding carboxylic acids is 1. The molecule has 3 fully saturated rings. The highest BCUT2D eigenvalue weighted by atomic mass is 16.3. The number of aliphatic hydroxyl groups excluding tert-OH is 1. The molecule has 2 N–H and O–H groups in total. The van der Waals surface area contributed by atoms with Crippen LogP contribution in [-0.2, 0) is 0 Å². The van der Waals surface area contributed by atoms with Gasteiger partial charge in [-0.2, -0.15) is 0 Å². The second kappa shape index (κ2) is 6.41. The number of piperidine rings is 2. The quantitative estimate of drug-likeness (QED) is 0.870. The first kappa shape index (κ1) is 16.0. The van der Waals surface area contributed by atoms with Crippen molar-refractivity contribution < 1.29 is 9.90 Å². The van der Waals surface area contributed by atoms with Crippen LogP contribution in [0.15, 0.2) is 12.4 Å². The highest BCUT2D eigenvalue weighted by Crippen LogP contribution is 2.43. The molecule has 1 amide bonds. The molecular formula is C18H26N4O2. The number of amides is 1. The Morgan fingerprint density at radius 3 is 2.58 bits per heavy atom. The molecule has 6 nitrogen and oxygen atoms in total. The Kier molecular flexibility index (Phi) is 4.26. The summed E-state index contributed by atoms with van der Waals surface area (Å²) >= 11 is 0. The first-order valence-corrected chi connectivity index (χ1v) is 9.15. The Labute approximate surface area is 142 Å². The number of hydrogen-bond donors (Lipinski definition) is 2. The largest absolute Gasteiger partial charge is 0.396 e. The van der Waals surface area contributed by atoms with E-state index in [2.05, 4.69) is 15.3 Å². The summed E-state index contributed by atoms with van der Waals surface area (Å²) in [4.78, 5) is 23.4. The maximum Gasteiger partial charge on any atom is 0.256 e. The topological polar surface area (TPSA) is 78.4 Å². The number of aliphatic hydroxyl groups is 1. The molecule has 4 rings (SSSR count). The minimum absolute atomic E-state index is 0.0432. The summed E-state index contributed by atoms with van der Waals surface area (Å²) in [6.45, 7) is 3.67. The van der Waals surface area contributed by atoms with Crippen LogP contribution < -0.4 is 5.32 Å². The van der Waals surface area contributed by atoms with Crippen LogP contribution in [0.1, 0.15) is 54.2 Å². The lowest BCUT2D eigenvalue weighted by molar-refractivity contribution is -0.00117. The summed E-state index contributed by atoms with van der Waals surface area (Å²) in [5, 5.41) is 13.1. The predicted octanol–water partition coefficient (Wildman–Crippen LogP) is 1.18. The van der Waals surface area contributed by atoms with Gasteiger partial charge in [-0.25, -0.2) is 9.97 Å². The summed E-state index contributed by atoms with van der Waals surface area (Å²) in [5.41, 5.74) is 0.794. The summed E-state index contributed by atoms with van der Waals surface area (Å²) in [7, 11) is 0. The zero-order valence-corrected chi connectivity index (χ0v) is 14.1. The maximum absolute atomic E-state index is 12.7. The van der Waals surface area contributed by atoms with Crippen molar-refractivity contribution in [1.82, 2.24) is 20.2 Å². The molecule has 1 aromatic rings. The molecule has 0 aromatic carbocycles. The third kappa shape index (κ3) is 2.93. The minimum Gasteiger partial charge on any atom is -0.396 e. The molecule has 3 heterocycles. The number of rotatable bonds is 3. The zero-order valence-electron chi connectivity index (χ0n) is 14.1. The molecule has 0 radical (unpaired) electrons. The normalized spacial score (nSPS) is 26.5. The van der Waals surface area contributed by atoms with E-state index in [-0.39, 0.29) is 17.9 Å². The summed E-state index contributed by atoms with van der Waals surface area (Å²) in [6.07, 6.45) is 8.77. The van der Waals surface area contributed by atoms with Gasteiger partial charge in [-0.3, -0.25) is 4.79 Å². The number of aromatic nitrogens is 2. The van der Waals surface area contributed by atoms with Crippen LogP contribution >= 0.6 is 0 Å². The Balaban J connectivity index is 1.40. The average molecular weight is 330 g/mol. The van der Waals surface area contributed by atoms with Crippen LogP contribution in [-0.4, -0.2) is 58.7 Å². The van der Waals surface area contributed by atoms with Crippen LogP contribution in [0.3, 0.4) is 0 Å². The van der Waals surface area contributed by atoms with E-state index in [1.165, 1.54) is 12.8 Å². The molecule has 2 saturated heterocycles. The smallest absolute Gasteiger partial charge is 0.256 e. The fourth-order valence-electron chi connectivity index (χ4n) is 4.29. The molecule has 3 aliphatic rings. The maximum atomic E-state index is 12.7. The van der Waals surface area contributed by atoms with E-state index in [0.717, 1.165) is 51.3 Å². The van der Waals surface area contributed by atoms with Crippen molar-refractivity contribution in [3.05, 3.63) is 23.8 Å². The minimum atomic E-state index is 0.0432. The Hall–Kier alpha value is -1.53. The molecule has 1 aliphatic carbocycles. The average Bonchev–Trinajstić information content (AvgIpc) is 3.48. The monoisotopic (exact) mass is 330 g/mol. The fourth-order valence-corrected chi connectivity index (χ4v) is 4.29. The number of carbonyl (C=O) groups is 1. The van der Waals surface area contributed by atoms with Crippen LogP contribution in [0.2, 0.25) is 0 Å². The van der Waals surface area contributed by atoms with Crippen molar-refractivity contribution in [3.8, 4) is 0 Å². The number of nitrogens with one attached hydrogen (secondary N) is 1. The van der Waals surface area contributed by atoms with Gasteiger partial charge in [0.25, 0.3) is 5.91 Å². The van der Waals surface area contributed by atoms with Gasteiger partial charge in [0, 0.05) is 50.5 Å². The van der Waals surface area contributed by atoms with Crippen molar-refractivity contribution in [2.24, 2.45) is 11.3 Å². The van der Waals surface area contributed by atoms with Gasteiger partial charge < -0.3 is 15.3 Å². The Bertz CT molecular complexity index is 592. The molecule has 0 bridgehead atoms. The molecule has 1 spiro atoms. The molecule has 1 saturated carbocycles. The van der Waals surface area contributed by atoms with Gasteiger partial charge in [0.05, 0.1) is 5.56 Å². The molecule has 6 heteroatoms. The van der Waals surface area contributed by atoms with E-state index in [4.69, 9.17) is 0 Å². The first-order valence-electron chi connectivity index (χ1n) is 9.15. The molecular weight excluding hydrogens is 304 g/mol. The summed E-state index contributed by atoms with van der Waals surface area (Å²) < 4.78 is 0. The van der Waals surface area contributed by atoms with Crippen molar-refractivity contribution in [3.63, 3.8) is 0 Å². The zero-order chi connectivity index (χ0) is 16.6. The van der Waals surface area contributed by atoms with Crippen molar-refractivity contribution in [2.45, 2.75) is 38.0 Å². The lowest BCUT2D eigenvalue weighted by atomic mass is 9.65. The number of hydrogen-bond acceptors (Lipinski definition) is 5. The van der Waals surface area contributed by atoms with E-state index in [1.807, 2.05) is 4.90 Å². The van der Waals surface area contributed by atoms with Gasteiger partial charge in [0.15, 0.2) is 0 Å². The van der Waals surface area contributed by atoms with E-state index < -0.39 is 0 Å². The lowest BCUT2D eigenvalue weighted by Gasteiger charge is -2.49. The van der Waals surface area contributed by atoms with Gasteiger partial charge in [-0.15, -0.1) is 0 Å². The lowest BCUT2D eigenvalue weighted by Crippen LogP contribution is -2.53. The number of nitrogens with zero attached hydrogens (tertiary/aromatic N) is 3. The molecule has 24 heavy (non-hydrogen) atoms. The molecule has 1 atom stereocenters. The van der Waals surface area contributed by atoms with E-state index in [9.17, 15) is 9.90 Å². The third-order valence-corrected chi connectivity index (χ3v) is 6.18. The van der Waals surface area contributed by atoms with Crippen molar-refractivity contribution in [2.75, 3.05) is 32.8 Å². The van der Waals surface area contributed by atoms with Gasteiger partial charge >= 0.3 is 0 Å². The standard InChI is InChI=1S/C18H26N4O2/c23-12-15-11-19-6-3-18(15)4-7-22(8-5-18)17(24)14-9-20-16(21-10-14)13-1-2-13/h9-10,13,15,19,23H,1-8,11-12H2/t15-/m1/s1. The van der Waals surface area contributed by atoms with Crippen LogP contribution in [0.4, 0.5) is 0 Å². The van der Waals surface area contributed by atoms with E-state index in [1.54, 1.807) is 12.4 Å². The molecule has 0 unspecified atom stereocenters. The van der Waals surface area contributed by atoms with Crippen molar-refractivity contribution >= 4 is 5.91 Å². The van der Waals surface area contributed by atoms with E-state index >= 15 is 0 Å². The van der Waals surface area contributed by atoms with Crippen LogP contribution in [0.5, 0.6) is 0 Å². The first-order chi connectivity index (χ1) is 11.7. The van der Waals surface area contributed by atoms with Gasteiger partial charge in [-0.1, -0.05) is 0 Å². The Morgan fingerprint density at radius 2 is 1.96 bits per heavy atom. The highest BCUT2D eigenvalue weighted by Gasteiger charge is 2.43. The molecule has 2 aliphatic heterocycles. The SMILES string of the molecule is O=C(c1cnc(C2CC2)nc1)N1CCC2(CCNC[C@@H]2CO)CC1. The Morgan fingerprint density at radius 1 is 1.25 bits per heavy atom. The second-order valence-corrected chi connectivity index (χ2v) is 7.59. The summed E-state index contributed by atoms with van der Waals surface area (Å²) in [6, 6.07) is 0. The number of likely N-dealkylation sites (tertiary alicyclic amines) is 1. The van der Waals surface area contributed by atoms with Crippen molar-refractivity contribution in [1.29, 1.82) is 0 Å². The van der Waals surface area contributed by atoms with E-state index in [0.29, 0.717) is 17.4 Å². The third-order valence-electron chi connectivity index (χ3n) is 6.18. The van der Waals surface area contributed by atoms with Crippen LogP contribution in [0, 0.1) is 11.3 Å². The van der Waals surface area contributed by atoms with Gasteiger partial charge in [-0.05, 0) is 44.1 Å². The van der Waals surface area contributed by atoms with Gasteiger partial charge in [0.2, 0.25) is 0 Å². The highest BCUT2D eigenvalue weighted by molar-refractivity contribution is 5.93. The van der Waals surface area contributed by atoms with Gasteiger partial charge in [0.1, 0.15) is 5.82 Å². The molecule has 130 valence electrons. The molecule has 1 aromatic heterocycles.